The molecule has 0 amide bonds. The lowest BCUT2D eigenvalue weighted by atomic mass is 10.2. The maximum Gasteiger partial charge on any atom is 0.185 e. The highest BCUT2D eigenvalue weighted by Crippen LogP contribution is 2.23. The van der Waals surface area contributed by atoms with Crippen LogP contribution < -0.4 is 5.32 Å². The van der Waals surface area contributed by atoms with Crippen LogP contribution in [0.25, 0.3) is 17.0 Å². The molecule has 0 bridgehead atoms. The van der Waals surface area contributed by atoms with Gasteiger partial charge in [-0.05, 0) is 36.4 Å². The Morgan fingerprint density at radius 1 is 0.957 bits per heavy atom. The second-order valence-corrected chi connectivity index (χ2v) is 5.07. The second-order valence-electron chi connectivity index (χ2n) is 4.71. The van der Waals surface area contributed by atoms with Crippen LogP contribution in [0.15, 0.2) is 55.0 Å². The van der Waals surface area contributed by atoms with E-state index in [0.717, 1.165) is 5.56 Å². The van der Waals surface area contributed by atoms with E-state index in [1.165, 1.54) is 0 Å². The van der Waals surface area contributed by atoms with Crippen LogP contribution in [0, 0.1) is 0 Å². The van der Waals surface area contributed by atoms with Gasteiger partial charge >= 0.3 is 0 Å². The van der Waals surface area contributed by atoms with E-state index in [1.807, 2.05) is 30.3 Å². The number of rotatable bonds is 3. The molecule has 23 heavy (non-hydrogen) atoms. The van der Waals surface area contributed by atoms with Gasteiger partial charge in [-0.1, -0.05) is 11.6 Å². The standard InChI is InChI=1S/C15H10ClN7/c16-14-11(2-1-7-18-14)19-12-3-4-13-20-21-15(23(13)22-12)10-5-8-17-9-6-10/h1-9H,(H,19,22). The number of hydrogen-bond donors (Lipinski definition) is 1. The van der Waals surface area contributed by atoms with E-state index in [2.05, 4.69) is 30.6 Å². The summed E-state index contributed by atoms with van der Waals surface area (Å²) < 4.78 is 1.67. The molecular formula is C15H10ClN7. The van der Waals surface area contributed by atoms with Crippen LogP contribution in [0.5, 0.6) is 0 Å². The Bertz CT molecular complexity index is 968. The van der Waals surface area contributed by atoms with Gasteiger partial charge in [-0.15, -0.1) is 15.3 Å². The number of nitrogens with zero attached hydrogens (tertiary/aromatic N) is 6. The Kier molecular flexibility index (Phi) is 3.32. The number of halogens is 1. The zero-order chi connectivity index (χ0) is 15.6. The fourth-order valence-electron chi connectivity index (χ4n) is 2.15. The molecule has 1 N–H and O–H groups in total. The van der Waals surface area contributed by atoms with Crippen molar-refractivity contribution in [2.75, 3.05) is 5.32 Å². The summed E-state index contributed by atoms with van der Waals surface area (Å²) in [5, 5.41) is 16.4. The lowest BCUT2D eigenvalue weighted by molar-refractivity contribution is 0.941. The molecule has 0 atom stereocenters. The molecule has 0 spiro atoms. The van der Waals surface area contributed by atoms with Gasteiger partial charge in [0.1, 0.15) is 0 Å². The molecule has 0 saturated carbocycles. The molecule has 0 aliphatic rings. The first-order chi connectivity index (χ1) is 11.3. The molecule has 0 radical (unpaired) electrons. The normalized spacial score (nSPS) is 10.8. The minimum Gasteiger partial charge on any atom is -0.336 e. The van der Waals surface area contributed by atoms with Crippen molar-refractivity contribution in [3.8, 4) is 11.4 Å². The van der Waals surface area contributed by atoms with Gasteiger partial charge in [0.05, 0.1) is 5.69 Å². The highest BCUT2D eigenvalue weighted by molar-refractivity contribution is 6.32. The topological polar surface area (TPSA) is 80.9 Å². The summed E-state index contributed by atoms with van der Waals surface area (Å²) in [6.07, 6.45) is 5.04. The van der Waals surface area contributed by atoms with Crippen molar-refractivity contribution in [3.63, 3.8) is 0 Å². The summed E-state index contributed by atoms with van der Waals surface area (Å²) >= 11 is 6.06. The maximum absolute atomic E-state index is 6.06. The fourth-order valence-corrected chi connectivity index (χ4v) is 2.32. The van der Waals surface area contributed by atoms with E-state index in [0.29, 0.717) is 28.1 Å². The van der Waals surface area contributed by atoms with Crippen molar-refractivity contribution < 1.29 is 0 Å². The first kappa shape index (κ1) is 13.6. The summed E-state index contributed by atoms with van der Waals surface area (Å²) in [6.45, 7) is 0. The molecule has 4 heterocycles. The van der Waals surface area contributed by atoms with Crippen LogP contribution in [0.3, 0.4) is 0 Å². The number of aromatic nitrogens is 6. The van der Waals surface area contributed by atoms with E-state index in [-0.39, 0.29) is 0 Å². The van der Waals surface area contributed by atoms with Crippen molar-refractivity contribution in [3.05, 3.63) is 60.1 Å². The van der Waals surface area contributed by atoms with Crippen LogP contribution in [-0.4, -0.2) is 29.8 Å². The zero-order valence-electron chi connectivity index (χ0n) is 11.8. The molecule has 0 aliphatic heterocycles. The molecule has 4 rings (SSSR count). The monoisotopic (exact) mass is 323 g/mol. The average molecular weight is 324 g/mol. The molecule has 0 aromatic carbocycles. The highest BCUT2D eigenvalue weighted by atomic mass is 35.5. The summed E-state index contributed by atoms with van der Waals surface area (Å²) in [5.41, 5.74) is 2.22. The summed E-state index contributed by atoms with van der Waals surface area (Å²) in [6, 6.07) is 11.0. The van der Waals surface area contributed by atoms with E-state index >= 15 is 0 Å². The minimum atomic E-state index is 0.382. The number of hydrogen-bond acceptors (Lipinski definition) is 6. The third kappa shape index (κ3) is 2.58. The van der Waals surface area contributed by atoms with E-state index in [4.69, 9.17) is 11.6 Å². The first-order valence-corrected chi connectivity index (χ1v) is 7.19. The number of nitrogens with one attached hydrogen (secondary N) is 1. The number of pyridine rings is 2. The van der Waals surface area contributed by atoms with Crippen LogP contribution in [0.1, 0.15) is 0 Å². The molecule has 0 aliphatic carbocycles. The smallest absolute Gasteiger partial charge is 0.185 e. The molecule has 0 unspecified atom stereocenters. The SMILES string of the molecule is Clc1ncccc1Nc1ccc2nnc(-c3ccncc3)n2n1. The fraction of sp³-hybridized carbons (Fsp3) is 0. The van der Waals surface area contributed by atoms with Gasteiger partial charge in [-0.25, -0.2) is 4.98 Å². The molecule has 8 heteroatoms. The van der Waals surface area contributed by atoms with Crippen LogP contribution >= 0.6 is 11.6 Å². The third-order valence-electron chi connectivity index (χ3n) is 3.22. The van der Waals surface area contributed by atoms with E-state index in [9.17, 15) is 0 Å². The van der Waals surface area contributed by atoms with Crippen LogP contribution in [0.2, 0.25) is 5.15 Å². The Morgan fingerprint density at radius 2 is 1.83 bits per heavy atom. The van der Waals surface area contributed by atoms with Crippen LogP contribution in [-0.2, 0) is 0 Å². The second kappa shape index (κ2) is 5.62. The van der Waals surface area contributed by atoms with Gasteiger partial charge in [-0.2, -0.15) is 4.52 Å². The van der Waals surface area contributed by atoms with Crippen molar-refractivity contribution in [1.29, 1.82) is 0 Å². The quantitative estimate of drug-likeness (QED) is 0.584. The van der Waals surface area contributed by atoms with E-state index in [1.54, 1.807) is 29.2 Å². The van der Waals surface area contributed by atoms with Gasteiger partial charge in [-0.3, -0.25) is 4.98 Å². The van der Waals surface area contributed by atoms with Gasteiger partial charge in [0.15, 0.2) is 22.4 Å². The van der Waals surface area contributed by atoms with Crippen molar-refractivity contribution in [2.45, 2.75) is 0 Å². The molecule has 4 aromatic rings. The van der Waals surface area contributed by atoms with Crippen LogP contribution in [0.4, 0.5) is 11.5 Å². The lowest BCUT2D eigenvalue weighted by Gasteiger charge is -2.07. The van der Waals surface area contributed by atoms with Crippen molar-refractivity contribution in [2.24, 2.45) is 0 Å². The number of anilines is 2. The number of fused-ring (bicyclic) bond motifs is 1. The molecule has 4 aromatic heterocycles. The van der Waals surface area contributed by atoms with Crippen molar-refractivity contribution >= 4 is 28.8 Å². The molecule has 0 fully saturated rings. The lowest BCUT2D eigenvalue weighted by Crippen LogP contribution is -2.01. The average Bonchev–Trinajstić information content (AvgIpc) is 3.01. The highest BCUT2D eigenvalue weighted by Gasteiger charge is 2.10. The summed E-state index contributed by atoms with van der Waals surface area (Å²) in [4.78, 5) is 8.04. The summed E-state index contributed by atoms with van der Waals surface area (Å²) in [7, 11) is 0. The molecule has 7 nitrogen and oxygen atoms in total. The molecular weight excluding hydrogens is 314 g/mol. The van der Waals surface area contributed by atoms with Gasteiger partial charge in [0.2, 0.25) is 0 Å². The maximum atomic E-state index is 6.06. The van der Waals surface area contributed by atoms with Gasteiger partial charge in [0.25, 0.3) is 0 Å². The van der Waals surface area contributed by atoms with Gasteiger partial charge in [0, 0.05) is 24.2 Å². The largest absolute Gasteiger partial charge is 0.336 e. The van der Waals surface area contributed by atoms with Crippen molar-refractivity contribution in [1.82, 2.24) is 29.8 Å². The van der Waals surface area contributed by atoms with E-state index < -0.39 is 0 Å². The Hall–Kier alpha value is -3.06. The third-order valence-corrected chi connectivity index (χ3v) is 3.52. The Labute approximate surface area is 136 Å². The first-order valence-electron chi connectivity index (χ1n) is 6.82. The van der Waals surface area contributed by atoms with Gasteiger partial charge < -0.3 is 5.32 Å². The predicted octanol–water partition coefficient (Wildman–Crippen LogP) is 2.98. The zero-order valence-corrected chi connectivity index (χ0v) is 12.5. The predicted molar refractivity (Wildman–Crippen MR) is 86.5 cm³/mol. The Balaban J connectivity index is 1.77. The summed E-state index contributed by atoms with van der Waals surface area (Å²) in [5.74, 6) is 1.26. The molecule has 112 valence electrons. The minimum absolute atomic E-state index is 0.382. The Morgan fingerprint density at radius 3 is 2.65 bits per heavy atom. The molecule has 0 saturated heterocycles.